The highest BCUT2D eigenvalue weighted by Crippen LogP contribution is 2.36. The molecule has 0 aliphatic heterocycles. The summed E-state index contributed by atoms with van der Waals surface area (Å²) in [5.74, 6) is 1.64. The van der Waals surface area contributed by atoms with Crippen molar-refractivity contribution in [2.45, 2.75) is 31.7 Å². The third kappa shape index (κ3) is 1.43. The van der Waals surface area contributed by atoms with E-state index in [1.807, 2.05) is 6.92 Å². The molecule has 0 radical (unpaired) electrons. The first-order valence-corrected chi connectivity index (χ1v) is 5.44. The number of nitrogens with one attached hydrogen (secondary N) is 1. The van der Waals surface area contributed by atoms with Gasteiger partial charge in [-0.05, 0) is 43.4 Å². The van der Waals surface area contributed by atoms with Crippen LogP contribution in [0.5, 0.6) is 0 Å². The van der Waals surface area contributed by atoms with E-state index in [1.165, 1.54) is 5.56 Å². The van der Waals surface area contributed by atoms with E-state index >= 15 is 0 Å². The van der Waals surface area contributed by atoms with Crippen LogP contribution < -0.4 is 5.73 Å². The molecule has 0 atom stereocenters. The Morgan fingerprint density at radius 2 is 2.20 bits per heavy atom. The van der Waals surface area contributed by atoms with Crippen molar-refractivity contribution in [3.63, 3.8) is 0 Å². The van der Waals surface area contributed by atoms with E-state index in [0.29, 0.717) is 12.0 Å². The minimum Gasteiger partial charge on any atom is -0.342 e. The minimum absolute atomic E-state index is 0.411. The van der Waals surface area contributed by atoms with Crippen molar-refractivity contribution in [1.82, 2.24) is 9.97 Å². The molecule has 78 valence electrons. The molecule has 0 amide bonds. The fraction of sp³-hybridized carbons (Fsp3) is 0.417. The van der Waals surface area contributed by atoms with Crippen LogP contribution in [0.25, 0.3) is 11.0 Å². The van der Waals surface area contributed by atoms with E-state index in [-0.39, 0.29) is 0 Å². The molecule has 3 N–H and O–H groups in total. The van der Waals surface area contributed by atoms with Gasteiger partial charge in [0, 0.05) is 6.04 Å². The smallest absolute Gasteiger partial charge is 0.104 e. The molecule has 3 heteroatoms. The molecule has 0 unspecified atom stereocenters. The topological polar surface area (TPSA) is 54.7 Å². The van der Waals surface area contributed by atoms with Crippen LogP contribution in [-0.2, 0) is 0 Å². The Bertz CT molecular complexity index is 495. The molecule has 3 rings (SSSR count). The zero-order chi connectivity index (χ0) is 10.4. The third-order valence-corrected chi connectivity index (χ3v) is 3.27. The van der Waals surface area contributed by atoms with Crippen LogP contribution >= 0.6 is 0 Å². The van der Waals surface area contributed by atoms with Gasteiger partial charge < -0.3 is 10.7 Å². The summed E-state index contributed by atoms with van der Waals surface area (Å²) in [4.78, 5) is 7.66. The SMILES string of the molecule is Cc1nc2ccc(C3CC(N)C3)cc2[nH]1. The summed E-state index contributed by atoms with van der Waals surface area (Å²) in [6.45, 7) is 1.99. The van der Waals surface area contributed by atoms with Crippen LogP contribution in [0.15, 0.2) is 18.2 Å². The van der Waals surface area contributed by atoms with E-state index in [4.69, 9.17) is 5.73 Å². The van der Waals surface area contributed by atoms with Gasteiger partial charge in [0.15, 0.2) is 0 Å². The number of nitrogens with two attached hydrogens (primary N) is 1. The summed E-state index contributed by atoms with van der Waals surface area (Å²) < 4.78 is 0. The fourth-order valence-electron chi connectivity index (χ4n) is 2.34. The Hall–Kier alpha value is -1.35. The van der Waals surface area contributed by atoms with Crippen molar-refractivity contribution >= 4 is 11.0 Å². The summed E-state index contributed by atoms with van der Waals surface area (Å²) in [5, 5.41) is 0. The summed E-state index contributed by atoms with van der Waals surface area (Å²) in [6.07, 6.45) is 2.25. The van der Waals surface area contributed by atoms with Crippen molar-refractivity contribution in [2.75, 3.05) is 0 Å². The van der Waals surface area contributed by atoms with Crippen molar-refractivity contribution in [1.29, 1.82) is 0 Å². The number of rotatable bonds is 1. The standard InChI is InChI=1S/C12H15N3/c1-7-14-11-3-2-8(6-12(11)15-7)9-4-10(13)5-9/h2-3,6,9-10H,4-5,13H2,1H3,(H,14,15). The first kappa shape index (κ1) is 8.92. The first-order valence-electron chi connectivity index (χ1n) is 5.44. The molecule has 1 aliphatic rings. The zero-order valence-corrected chi connectivity index (χ0v) is 8.83. The Morgan fingerprint density at radius 1 is 1.40 bits per heavy atom. The van der Waals surface area contributed by atoms with Crippen LogP contribution in [0.2, 0.25) is 0 Å². The van der Waals surface area contributed by atoms with Crippen LogP contribution in [0, 0.1) is 6.92 Å². The molecule has 0 saturated heterocycles. The molecule has 1 fully saturated rings. The van der Waals surface area contributed by atoms with E-state index in [1.54, 1.807) is 0 Å². The first-order chi connectivity index (χ1) is 7.22. The predicted octanol–water partition coefficient (Wildman–Crippen LogP) is 2.08. The molecule has 1 heterocycles. The summed E-state index contributed by atoms with van der Waals surface area (Å²) in [7, 11) is 0. The number of aromatic amines is 1. The lowest BCUT2D eigenvalue weighted by Crippen LogP contribution is -2.34. The number of aromatic nitrogens is 2. The lowest BCUT2D eigenvalue weighted by atomic mass is 9.76. The van der Waals surface area contributed by atoms with Gasteiger partial charge in [-0.1, -0.05) is 6.07 Å². The van der Waals surface area contributed by atoms with Gasteiger partial charge in [-0.2, -0.15) is 0 Å². The second-order valence-corrected chi connectivity index (χ2v) is 4.53. The second kappa shape index (κ2) is 3.07. The molecule has 1 aliphatic carbocycles. The normalized spacial score (nSPS) is 25.5. The largest absolute Gasteiger partial charge is 0.342 e. The number of nitrogens with zero attached hydrogens (tertiary/aromatic N) is 1. The van der Waals surface area contributed by atoms with Gasteiger partial charge in [0.2, 0.25) is 0 Å². The Morgan fingerprint density at radius 3 is 2.93 bits per heavy atom. The van der Waals surface area contributed by atoms with Gasteiger partial charge in [-0.25, -0.2) is 4.98 Å². The molecule has 1 aromatic carbocycles. The summed E-state index contributed by atoms with van der Waals surface area (Å²) in [6, 6.07) is 6.90. The highest BCUT2D eigenvalue weighted by molar-refractivity contribution is 5.76. The number of hydrogen-bond donors (Lipinski definition) is 2. The summed E-state index contributed by atoms with van der Waals surface area (Å²) >= 11 is 0. The number of aryl methyl sites for hydroxylation is 1. The lowest BCUT2D eigenvalue weighted by molar-refractivity contribution is 0.352. The maximum absolute atomic E-state index is 5.80. The van der Waals surface area contributed by atoms with Gasteiger partial charge >= 0.3 is 0 Å². The number of benzene rings is 1. The number of hydrogen-bond acceptors (Lipinski definition) is 2. The Kier molecular flexibility index (Phi) is 1.83. The monoisotopic (exact) mass is 201 g/mol. The maximum Gasteiger partial charge on any atom is 0.104 e. The van der Waals surface area contributed by atoms with Crippen LogP contribution in [0.4, 0.5) is 0 Å². The molecule has 3 nitrogen and oxygen atoms in total. The Labute approximate surface area is 88.7 Å². The van der Waals surface area contributed by atoms with Crippen molar-refractivity contribution < 1.29 is 0 Å². The van der Waals surface area contributed by atoms with Gasteiger partial charge in [0.1, 0.15) is 5.82 Å². The van der Waals surface area contributed by atoms with Gasteiger partial charge in [-0.3, -0.25) is 0 Å². The van der Waals surface area contributed by atoms with Crippen LogP contribution in [0.3, 0.4) is 0 Å². The Balaban J connectivity index is 1.99. The van der Waals surface area contributed by atoms with E-state index in [9.17, 15) is 0 Å². The fourth-order valence-corrected chi connectivity index (χ4v) is 2.34. The molecular weight excluding hydrogens is 186 g/mol. The second-order valence-electron chi connectivity index (χ2n) is 4.53. The maximum atomic E-state index is 5.80. The summed E-state index contributed by atoms with van der Waals surface area (Å²) in [5.41, 5.74) is 9.40. The molecule has 1 saturated carbocycles. The van der Waals surface area contributed by atoms with Crippen molar-refractivity contribution in [3.8, 4) is 0 Å². The number of H-pyrrole nitrogens is 1. The van der Waals surface area contributed by atoms with Crippen molar-refractivity contribution in [2.24, 2.45) is 5.73 Å². The average molecular weight is 201 g/mol. The number of fused-ring (bicyclic) bond motifs is 1. The molecular formula is C12H15N3. The van der Waals surface area contributed by atoms with Crippen LogP contribution in [-0.4, -0.2) is 16.0 Å². The minimum atomic E-state index is 0.411. The van der Waals surface area contributed by atoms with E-state index in [2.05, 4.69) is 28.2 Å². The lowest BCUT2D eigenvalue weighted by Gasteiger charge is -2.32. The van der Waals surface area contributed by atoms with Gasteiger partial charge in [0.25, 0.3) is 0 Å². The molecule has 0 spiro atoms. The molecule has 1 aromatic heterocycles. The quantitative estimate of drug-likeness (QED) is 0.742. The van der Waals surface area contributed by atoms with E-state index < -0.39 is 0 Å². The predicted molar refractivity (Wildman–Crippen MR) is 60.8 cm³/mol. The molecule has 2 aromatic rings. The highest BCUT2D eigenvalue weighted by atomic mass is 14.9. The van der Waals surface area contributed by atoms with Gasteiger partial charge in [-0.15, -0.1) is 0 Å². The van der Waals surface area contributed by atoms with Gasteiger partial charge in [0.05, 0.1) is 11.0 Å². The van der Waals surface area contributed by atoms with Crippen molar-refractivity contribution in [3.05, 3.63) is 29.6 Å². The molecule has 0 bridgehead atoms. The highest BCUT2D eigenvalue weighted by Gasteiger charge is 2.27. The number of imidazole rings is 1. The zero-order valence-electron chi connectivity index (χ0n) is 8.83. The average Bonchev–Trinajstić information content (AvgIpc) is 2.52. The third-order valence-electron chi connectivity index (χ3n) is 3.27. The van der Waals surface area contributed by atoms with Crippen LogP contribution in [0.1, 0.15) is 30.1 Å². The molecule has 15 heavy (non-hydrogen) atoms. The van der Waals surface area contributed by atoms with E-state index in [0.717, 1.165) is 29.7 Å².